The lowest BCUT2D eigenvalue weighted by Gasteiger charge is -2.13. The van der Waals surface area contributed by atoms with E-state index in [1.54, 1.807) is 18.2 Å². The molecule has 0 unspecified atom stereocenters. The monoisotopic (exact) mass is 346 g/mol. The van der Waals surface area contributed by atoms with Crippen molar-refractivity contribution in [2.24, 2.45) is 0 Å². The van der Waals surface area contributed by atoms with Crippen LogP contribution in [0.4, 0.5) is 0 Å². The van der Waals surface area contributed by atoms with Crippen LogP contribution in [-0.2, 0) is 13.2 Å². The second-order valence-electron chi connectivity index (χ2n) is 6.25. The van der Waals surface area contributed by atoms with Gasteiger partial charge < -0.3 is 9.47 Å². The van der Waals surface area contributed by atoms with Gasteiger partial charge in [-0.25, -0.2) is 0 Å². The van der Waals surface area contributed by atoms with E-state index in [2.05, 4.69) is 13.0 Å². The molecule has 3 aromatic carbocycles. The van der Waals surface area contributed by atoms with Crippen molar-refractivity contribution in [1.29, 1.82) is 0 Å². The van der Waals surface area contributed by atoms with Gasteiger partial charge in [-0.2, -0.15) is 0 Å². The van der Waals surface area contributed by atoms with Gasteiger partial charge in [0.05, 0.1) is 5.56 Å². The third kappa shape index (κ3) is 4.31. The molecule has 0 saturated heterocycles. The standard InChI is InChI=1S/C23H22O3/c1-17-7-3-5-9-20(17)15-25-22-12-11-19(14-24)23(13-22)26-16-21-10-6-4-8-18(21)2/h3-14H,15-16H2,1-2H3. The van der Waals surface area contributed by atoms with Crippen LogP contribution < -0.4 is 9.47 Å². The molecule has 0 heterocycles. The SMILES string of the molecule is Cc1ccccc1COc1ccc(C=O)c(OCc2ccccc2C)c1. The van der Waals surface area contributed by atoms with Gasteiger partial charge >= 0.3 is 0 Å². The number of hydrogen-bond acceptors (Lipinski definition) is 3. The fourth-order valence-electron chi connectivity index (χ4n) is 2.69. The van der Waals surface area contributed by atoms with Crippen LogP contribution in [0.25, 0.3) is 0 Å². The van der Waals surface area contributed by atoms with Crippen molar-refractivity contribution in [2.45, 2.75) is 27.1 Å². The van der Waals surface area contributed by atoms with E-state index < -0.39 is 0 Å². The van der Waals surface area contributed by atoms with Crippen molar-refractivity contribution in [3.8, 4) is 11.5 Å². The first-order chi connectivity index (χ1) is 12.7. The maximum atomic E-state index is 11.3. The van der Waals surface area contributed by atoms with Crippen LogP contribution in [0.3, 0.4) is 0 Å². The minimum Gasteiger partial charge on any atom is -0.489 e. The molecular formula is C23H22O3. The average Bonchev–Trinajstić information content (AvgIpc) is 2.67. The Morgan fingerprint density at radius 2 is 1.35 bits per heavy atom. The molecule has 26 heavy (non-hydrogen) atoms. The van der Waals surface area contributed by atoms with Gasteiger partial charge in [-0.05, 0) is 48.2 Å². The molecule has 0 bridgehead atoms. The van der Waals surface area contributed by atoms with E-state index in [4.69, 9.17) is 9.47 Å². The third-order valence-corrected chi connectivity index (χ3v) is 4.41. The summed E-state index contributed by atoms with van der Waals surface area (Å²) >= 11 is 0. The van der Waals surface area contributed by atoms with E-state index in [0.29, 0.717) is 30.3 Å². The lowest BCUT2D eigenvalue weighted by Crippen LogP contribution is -2.02. The van der Waals surface area contributed by atoms with E-state index >= 15 is 0 Å². The van der Waals surface area contributed by atoms with Crippen LogP contribution in [0.1, 0.15) is 32.6 Å². The van der Waals surface area contributed by atoms with Gasteiger partial charge in [0.1, 0.15) is 24.7 Å². The predicted octanol–water partition coefficient (Wildman–Crippen LogP) is 5.27. The molecule has 0 saturated carbocycles. The van der Waals surface area contributed by atoms with Crippen LogP contribution in [0.15, 0.2) is 66.7 Å². The number of hydrogen-bond donors (Lipinski definition) is 0. The molecule has 0 aliphatic heterocycles. The van der Waals surface area contributed by atoms with Crippen molar-refractivity contribution in [1.82, 2.24) is 0 Å². The molecule has 3 nitrogen and oxygen atoms in total. The van der Waals surface area contributed by atoms with Crippen LogP contribution in [0.5, 0.6) is 11.5 Å². The van der Waals surface area contributed by atoms with Crippen LogP contribution in [0.2, 0.25) is 0 Å². The zero-order chi connectivity index (χ0) is 18.4. The minimum atomic E-state index is 0.411. The Balaban J connectivity index is 1.73. The molecule has 132 valence electrons. The Labute approximate surface area is 154 Å². The molecule has 3 heteroatoms. The number of carbonyl (C=O) groups is 1. The first-order valence-corrected chi connectivity index (χ1v) is 8.61. The second kappa shape index (κ2) is 8.34. The quantitative estimate of drug-likeness (QED) is 0.546. The minimum absolute atomic E-state index is 0.411. The van der Waals surface area contributed by atoms with Crippen LogP contribution in [0, 0.1) is 13.8 Å². The summed E-state index contributed by atoms with van der Waals surface area (Å²) in [6, 6.07) is 21.5. The number of aldehydes is 1. The fraction of sp³-hybridized carbons (Fsp3) is 0.174. The molecule has 0 amide bonds. The number of rotatable bonds is 7. The molecule has 0 spiro atoms. The highest BCUT2D eigenvalue weighted by Gasteiger charge is 2.08. The summed E-state index contributed by atoms with van der Waals surface area (Å²) in [5.74, 6) is 1.21. The highest BCUT2D eigenvalue weighted by molar-refractivity contribution is 5.79. The number of ether oxygens (including phenoxy) is 2. The topological polar surface area (TPSA) is 35.5 Å². The van der Waals surface area contributed by atoms with Crippen molar-refractivity contribution >= 4 is 6.29 Å². The van der Waals surface area contributed by atoms with Gasteiger partial charge in [-0.15, -0.1) is 0 Å². The van der Waals surface area contributed by atoms with Gasteiger partial charge in [-0.1, -0.05) is 48.5 Å². The predicted molar refractivity (Wildman–Crippen MR) is 103 cm³/mol. The Bertz CT molecular complexity index is 899. The first kappa shape index (κ1) is 17.7. The maximum Gasteiger partial charge on any atom is 0.153 e. The molecule has 3 aromatic rings. The number of carbonyl (C=O) groups excluding carboxylic acids is 1. The molecule has 3 rings (SSSR count). The summed E-state index contributed by atoms with van der Waals surface area (Å²) in [6.45, 7) is 4.99. The van der Waals surface area contributed by atoms with Crippen LogP contribution in [-0.4, -0.2) is 6.29 Å². The first-order valence-electron chi connectivity index (χ1n) is 8.61. The number of benzene rings is 3. The lowest BCUT2D eigenvalue weighted by atomic mass is 10.1. The van der Waals surface area contributed by atoms with Crippen molar-refractivity contribution in [3.63, 3.8) is 0 Å². The van der Waals surface area contributed by atoms with Crippen molar-refractivity contribution < 1.29 is 14.3 Å². The summed E-state index contributed by atoms with van der Waals surface area (Å²) in [6.07, 6.45) is 0.804. The fourth-order valence-corrected chi connectivity index (χ4v) is 2.69. The summed E-state index contributed by atoms with van der Waals surface area (Å²) in [7, 11) is 0. The Morgan fingerprint density at radius 1 is 0.769 bits per heavy atom. The van der Waals surface area contributed by atoms with E-state index in [-0.39, 0.29) is 0 Å². The zero-order valence-electron chi connectivity index (χ0n) is 15.1. The summed E-state index contributed by atoms with van der Waals surface area (Å²) in [5.41, 5.74) is 5.09. The molecule has 0 aliphatic carbocycles. The van der Waals surface area contributed by atoms with Crippen LogP contribution >= 0.6 is 0 Å². The zero-order valence-corrected chi connectivity index (χ0v) is 15.1. The molecule has 0 aliphatic rings. The molecule has 0 fully saturated rings. The average molecular weight is 346 g/mol. The highest BCUT2D eigenvalue weighted by atomic mass is 16.5. The van der Waals surface area contributed by atoms with E-state index in [1.165, 1.54) is 5.56 Å². The third-order valence-electron chi connectivity index (χ3n) is 4.41. The smallest absolute Gasteiger partial charge is 0.153 e. The molecule has 0 atom stereocenters. The van der Waals surface area contributed by atoms with Gasteiger partial charge in [0.25, 0.3) is 0 Å². The Morgan fingerprint density at radius 3 is 1.92 bits per heavy atom. The van der Waals surface area contributed by atoms with Gasteiger partial charge in [0.2, 0.25) is 0 Å². The molecule has 0 radical (unpaired) electrons. The van der Waals surface area contributed by atoms with Gasteiger partial charge in [-0.3, -0.25) is 4.79 Å². The summed E-state index contributed by atoms with van der Waals surface area (Å²) < 4.78 is 11.8. The largest absolute Gasteiger partial charge is 0.489 e. The van der Waals surface area contributed by atoms with Gasteiger partial charge in [0, 0.05) is 6.07 Å². The highest BCUT2D eigenvalue weighted by Crippen LogP contribution is 2.26. The Hall–Kier alpha value is -3.07. The van der Waals surface area contributed by atoms with E-state index in [0.717, 1.165) is 23.0 Å². The second-order valence-corrected chi connectivity index (χ2v) is 6.25. The van der Waals surface area contributed by atoms with Gasteiger partial charge in [0.15, 0.2) is 6.29 Å². The van der Waals surface area contributed by atoms with E-state index in [1.807, 2.05) is 49.4 Å². The summed E-state index contributed by atoms with van der Waals surface area (Å²) in [4.78, 5) is 11.3. The van der Waals surface area contributed by atoms with Crippen molar-refractivity contribution in [3.05, 3.63) is 94.5 Å². The lowest BCUT2D eigenvalue weighted by molar-refractivity contribution is 0.111. The number of aryl methyl sites for hydroxylation is 2. The summed E-state index contributed by atoms with van der Waals surface area (Å²) in [5, 5.41) is 0. The van der Waals surface area contributed by atoms with E-state index in [9.17, 15) is 4.79 Å². The molecule has 0 aromatic heterocycles. The molecule has 0 N–H and O–H groups in total. The normalized spacial score (nSPS) is 10.4. The van der Waals surface area contributed by atoms with Crippen molar-refractivity contribution in [2.75, 3.05) is 0 Å². The Kier molecular flexibility index (Phi) is 5.69. The maximum absolute atomic E-state index is 11.3. The molecular weight excluding hydrogens is 324 g/mol.